The van der Waals surface area contributed by atoms with Crippen molar-refractivity contribution in [3.63, 3.8) is 0 Å². The lowest BCUT2D eigenvalue weighted by Gasteiger charge is -2.09. The summed E-state index contributed by atoms with van der Waals surface area (Å²) in [6, 6.07) is 13.2. The Bertz CT molecular complexity index is 937. The van der Waals surface area contributed by atoms with Crippen LogP contribution in [-0.2, 0) is 12.7 Å². The van der Waals surface area contributed by atoms with Crippen LogP contribution in [0.1, 0.15) is 21.5 Å². The Hall–Kier alpha value is -3.42. The summed E-state index contributed by atoms with van der Waals surface area (Å²) in [4.78, 5) is 16.3. The molecule has 4 nitrogen and oxygen atoms in total. The Labute approximate surface area is 158 Å². The van der Waals surface area contributed by atoms with Gasteiger partial charge in [0, 0.05) is 12.1 Å². The minimum atomic E-state index is -4.45. The minimum absolute atomic E-state index is 0.103. The molecular weight excluding hydrogens is 374 g/mol. The van der Waals surface area contributed by atoms with Gasteiger partial charge < -0.3 is 10.6 Å². The Kier molecular flexibility index (Phi) is 5.58. The number of pyridine rings is 1. The molecule has 8 heteroatoms. The van der Waals surface area contributed by atoms with Crippen molar-refractivity contribution in [2.24, 2.45) is 0 Å². The maximum atomic E-state index is 12.9. The molecule has 0 spiro atoms. The SMILES string of the molecule is O=C(Nc1ccc(NCc2ccc(F)cc2)nc1)c1ccc(C(F)(F)F)cc1. The fourth-order valence-corrected chi connectivity index (χ4v) is 2.38. The predicted molar refractivity (Wildman–Crippen MR) is 97.4 cm³/mol. The van der Waals surface area contributed by atoms with Crippen LogP contribution >= 0.6 is 0 Å². The van der Waals surface area contributed by atoms with Crippen LogP contribution in [-0.4, -0.2) is 10.9 Å². The zero-order chi connectivity index (χ0) is 20.1. The number of nitrogens with one attached hydrogen (secondary N) is 2. The highest BCUT2D eigenvalue weighted by atomic mass is 19.4. The average molecular weight is 389 g/mol. The third kappa shape index (κ3) is 5.06. The molecule has 28 heavy (non-hydrogen) atoms. The summed E-state index contributed by atoms with van der Waals surface area (Å²) in [6.07, 6.45) is -3.02. The zero-order valence-corrected chi connectivity index (χ0v) is 14.4. The van der Waals surface area contributed by atoms with Crippen molar-refractivity contribution >= 4 is 17.4 Å². The van der Waals surface area contributed by atoms with Crippen LogP contribution in [0.5, 0.6) is 0 Å². The number of alkyl halides is 3. The van der Waals surface area contributed by atoms with Crippen LogP contribution in [0.3, 0.4) is 0 Å². The van der Waals surface area contributed by atoms with E-state index in [1.165, 1.54) is 18.3 Å². The summed E-state index contributed by atoms with van der Waals surface area (Å²) < 4.78 is 50.6. The molecule has 3 rings (SSSR count). The van der Waals surface area contributed by atoms with E-state index in [1.807, 2.05) is 0 Å². The normalized spacial score (nSPS) is 11.1. The van der Waals surface area contributed by atoms with Crippen LogP contribution in [0.15, 0.2) is 66.9 Å². The van der Waals surface area contributed by atoms with Crippen molar-refractivity contribution in [3.8, 4) is 0 Å². The molecule has 0 aliphatic carbocycles. The zero-order valence-electron chi connectivity index (χ0n) is 14.4. The number of carbonyl (C=O) groups is 1. The first-order valence-electron chi connectivity index (χ1n) is 8.24. The summed E-state index contributed by atoms with van der Waals surface area (Å²) >= 11 is 0. The van der Waals surface area contributed by atoms with Gasteiger partial charge in [-0.25, -0.2) is 9.37 Å². The van der Waals surface area contributed by atoms with Crippen LogP contribution < -0.4 is 10.6 Å². The molecule has 1 aromatic heterocycles. The van der Waals surface area contributed by atoms with Gasteiger partial charge in [-0.3, -0.25) is 4.79 Å². The summed E-state index contributed by atoms with van der Waals surface area (Å²) in [7, 11) is 0. The first-order valence-corrected chi connectivity index (χ1v) is 8.24. The number of anilines is 2. The molecule has 3 aromatic rings. The van der Waals surface area contributed by atoms with Gasteiger partial charge in [-0.1, -0.05) is 12.1 Å². The molecule has 1 amide bonds. The number of nitrogens with zero attached hydrogens (tertiary/aromatic N) is 1. The minimum Gasteiger partial charge on any atom is -0.366 e. The average Bonchev–Trinajstić information content (AvgIpc) is 2.68. The largest absolute Gasteiger partial charge is 0.416 e. The molecule has 1 heterocycles. The van der Waals surface area contributed by atoms with E-state index in [9.17, 15) is 22.4 Å². The number of benzene rings is 2. The fourth-order valence-electron chi connectivity index (χ4n) is 2.38. The third-order valence-corrected chi connectivity index (χ3v) is 3.88. The Morgan fingerprint density at radius 1 is 0.929 bits per heavy atom. The van der Waals surface area contributed by atoms with Crippen LogP contribution in [0.2, 0.25) is 0 Å². The highest BCUT2D eigenvalue weighted by Crippen LogP contribution is 2.29. The van der Waals surface area contributed by atoms with E-state index in [0.717, 1.165) is 29.8 Å². The van der Waals surface area contributed by atoms with Gasteiger partial charge in [-0.15, -0.1) is 0 Å². The second-order valence-corrected chi connectivity index (χ2v) is 5.94. The first-order chi connectivity index (χ1) is 13.3. The number of hydrogen-bond donors (Lipinski definition) is 2. The van der Waals surface area contributed by atoms with Gasteiger partial charge in [0.1, 0.15) is 11.6 Å². The topological polar surface area (TPSA) is 54.0 Å². The van der Waals surface area contributed by atoms with E-state index in [-0.39, 0.29) is 11.4 Å². The number of rotatable bonds is 5. The van der Waals surface area contributed by atoms with Crippen molar-refractivity contribution in [2.75, 3.05) is 10.6 Å². The summed E-state index contributed by atoms with van der Waals surface area (Å²) in [6.45, 7) is 0.449. The van der Waals surface area contributed by atoms with Crippen molar-refractivity contribution < 1.29 is 22.4 Å². The number of carbonyl (C=O) groups excluding carboxylic acids is 1. The van der Waals surface area contributed by atoms with E-state index < -0.39 is 17.6 Å². The van der Waals surface area contributed by atoms with Crippen LogP contribution in [0.25, 0.3) is 0 Å². The molecule has 144 valence electrons. The van der Waals surface area contributed by atoms with Gasteiger partial charge in [0.05, 0.1) is 17.4 Å². The van der Waals surface area contributed by atoms with Crippen molar-refractivity contribution in [3.05, 3.63) is 89.4 Å². The summed E-state index contributed by atoms with van der Waals surface area (Å²) in [5, 5.41) is 5.63. The number of halogens is 4. The quantitative estimate of drug-likeness (QED) is 0.597. The number of amides is 1. The van der Waals surface area contributed by atoms with Gasteiger partial charge in [0.2, 0.25) is 0 Å². The Balaban J connectivity index is 1.57. The van der Waals surface area contributed by atoms with E-state index in [2.05, 4.69) is 15.6 Å². The lowest BCUT2D eigenvalue weighted by atomic mass is 10.1. The third-order valence-electron chi connectivity index (χ3n) is 3.88. The smallest absolute Gasteiger partial charge is 0.366 e. The van der Waals surface area contributed by atoms with Crippen LogP contribution in [0, 0.1) is 5.82 Å². The lowest BCUT2D eigenvalue weighted by molar-refractivity contribution is -0.137. The molecule has 0 saturated carbocycles. The summed E-state index contributed by atoms with van der Waals surface area (Å²) in [5.41, 5.74) is 0.564. The second-order valence-electron chi connectivity index (χ2n) is 5.94. The Morgan fingerprint density at radius 3 is 2.18 bits per heavy atom. The molecular formula is C20H15F4N3O. The molecule has 0 atom stereocenters. The standard InChI is InChI=1S/C20H15F4N3O/c21-16-7-1-13(2-8-16)11-25-18-10-9-17(12-26-18)27-19(28)14-3-5-15(6-4-14)20(22,23)24/h1-10,12H,11H2,(H,25,26)(H,27,28). The fraction of sp³-hybridized carbons (Fsp3) is 0.100. The molecule has 2 aromatic carbocycles. The van der Waals surface area contributed by atoms with Crippen molar-refractivity contribution in [2.45, 2.75) is 12.7 Å². The van der Waals surface area contributed by atoms with Gasteiger partial charge >= 0.3 is 6.18 Å². The number of aromatic nitrogens is 1. The van der Waals surface area contributed by atoms with E-state index in [4.69, 9.17) is 0 Å². The highest BCUT2D eigenvalue weighted by molar-refractivity contribution is 6.04. The molecule has 0 radical (unpaired) electrons. The van der Waals surface area contributed by atoms with E-state index in [1.54, 1.807) is 24.3 Å². The monoisotopic (exact) mass is 389 g/mol. The van der Waals surface area contributed by atoms with E-state index >= 15 is 0 Å². The molecule has 0 aliphatic heterocycles. The van der Waals surface area contributed by atoms with Gasteiger partial charge in [0.15, 0.2) is 0 Å². The summed E-state index contributed by atoms with van der Waals surface area (Å²) in [5.74, 6) is -0.297. The number of hydrogen-bond acceptors (Lipinski definition) is 3. The molecule has 0 fully saturated rings. The highest BCUT2D eigenvalue weighted by Gasteiger charge is 2.30. The predicted octanol–water partition coefficient (Wildman–Crippen LogP) is 5.10. The van der Waals surface area contributed by atoms with Gasteiger partial charge in [-0.05, 0) is 54.1 Å². The van der Waals surface area contributed by atoms with Gasteiger partial charge in [-0.2, -0.15) is 13.2 Å². The molecule has 0 saturated heterocycles. The maximum absolute atomic E-state index is 12.9. The van der Waals surface area contributed by atoms with Gasteiger partial charge in [0.25, 0.3) is 5.91 Å². The van der Waals surface area contributed by atoms with Crippen LogP contribution in [0.4, 0.5) is 29.1 Å². The van der Waals surface area contributed by atoms with E-state index in [0.29, 0.717) is 18.1 Å². The Morgan fingerprint density at radius 2 is 1.61 bits per heavy atom. The molecule has 0 unspecified atom stereocenters. The molecule has 2 N–H and O–H groups in total. The molecule has 0 bridgehead atoms. The molecule has 0 aliphatic rings. The lowest BCUT2D eigenvalue weighted by Crippen LogP contribution is -2.13. The van der Waals surface area contributed by atoms with Crippen molar-refractivity contribution in [1.82, 2.24) is 4.98 Å². The maximum Gasteiger partial charge on any atom is 0.416 e. The first kappa shape index (κ1) is 19.3. The van der Waals surface area contributed by atoms with Crippen molar-refractivity contribution in [1.29, 1.82) is 0 Å². The second kappa shape index (κ2) is 8.08.